The molecule has 4 heteroatoms. The molecular formula is C16H13Cl2NO. The Labute approximate surface area is 127 Å². The minimum Gasteiger partial charge on any atom is -0.323 e. The van der Waals surface area contributed by atoms with Crippen LogP contribution < -0.4 is 5.32 Å². The van der Waals surface area contributed by atoms with Crippen molar-refractivity contribution < 1.29 is 4.79 Å². The Morgan fingerprint density at radius 1 is 1.00 bits per heavy atom. The van der Waals surface area contributed by atoms with Gasteiger partial charge in [0.2, 0.25) is 0 Å². The first-order valence-electron chi connectivity index (χ1n) is 6.41. The van der Waals surface area contributed by atoms with Crippen LogP contribution >= 0.6 is 23.2 Å². The van der Waals surface area contributed by atoms with E-state index in [-0.39, 0.29) is 11.8 Å². The van der Waals surface area contributed by atoms with Crippen molar-refractivity contribution in [2.45, 2.75) is 16.7 Å². The van der Waals surface area contributed by atoms with Crippen molar-refractivity contribution in [2.24, 2.45) is 0 Å². The van der Waals surface area contributed by atoms with Crippen molar-refractivity contribution in [3.63, 3.8) is 0 Å². The van der Waals surface area contributed by atoms with Gasteiger partial charge in [0.15, 0.2) is 4.33 Å². The van der Waals surface area contributed by atoms with Crippen molar-refractivity contribution in [1.29, 1.82) is 0 Å². The Hall–Kier alpha value is -1.51. The molecule has 0 saturated heterocycles. The van der Waals surface area contributed by atoms with Gasteiger partial charge in [0.1, 0.15) is 0 Å². The molecule has 2 nitrogen and oxygen atoms in total. The van der Waals surface area contributed by atoms with Crippen LogP contribution in [0.15, 0.2) is 54.6 Å². The molecule has 102 valence electrons. The number of alkyl halides is 2. The Morgan fingerprint density at radius 2 is 1.65 bits per heavy atom. The summed E-state index contributed by atoms with van der Waals surface area (Å²) < 4.78 is -1.43. The number of amides is 1. The first-order chi connectivity index (χ1) is 9.58. The number of hydrogen-bond donors (Lipinski definition) is 1. The molecule has 0 aromatic heterocycles. The first kappa shape index (κ1) is 13.5. The molecule has 0 aliphatic carbocycles. The summed E-state index contributed by atoms with van der Waals surface area (Å²) in [5, 5.41) is 2.81. The normalized spacial score (nSPS) is 20.7. The second-order valence-corrected chi connectivity index (χ2v) is 6.40. The van der Waals surface area contributed by atoms with Crippen LogP contribution in [0.1, 0.15) is 23.5 Å². The molecule has 1 N–H and O–H groups in total. The molecule has 1 heterocycles. The van der Waals surface area contributed by atoms with E-state index in [0.29, 0.717) is 6.42 Å². The second-order valence-electron chi connectivity index (χ2n) is 4.91. The smallest absolute Gasteiger partial charge is 0.260 e. The number of halogens is 2. The van der Waals surface area contributed by atoms with E-state index in [9.17, 15) is 4.79 Å². The number of nitrogens with one attached hydrogen (secondary N) is 1. The SMILES string of the molecule is O=C1Nc2ccccc2C(c2ccccc2)CC1(Cl)Cl. The van der Waals surface area contributed by atoms with Gasteiger partial charge in [-0.3, -0.25) is 4.79 Å². The van der Waals surface area contributed by atoms with Crippen LogP contribution in [0.4, 0.5) is 5.69 Å². The Kier molecular flexibility index (Phi) is 3.45. The molecule has 0 fully saturated rings. The molecule has 1 aliphatic heterocycles. The van der Waals surface area contributed by atoms with Crippen molar-refractivity contribution in [2.75, 3.05) is 5.32 Å². The summed E-state index contributed by atoms with van der Waals surface area (Å²) in [5.41, 5.74) is 2.91. The Morgan fingerprint density at radius 3 is 2.40 bits per heavy atom. The quantitative estimate of drug-likeness (QED) is 0.780. The van der Waals surface area contributed by atoms with Crippen molar-refractivity contribution >= 4 is 34.8 Å². The largest absolute Gasteiger partial charge is 0.323 e. The summed E-state index contributed by atoms with van der Waals surface area (Å²) in [7, 11) is 0. The minimum absolute atomic E-state index is 0.0126. The van der Waals surface area contributed by atoms with Crippen LogP contribution in [0.25, 0.3) is 0 Å². The highest BCUT2D eigenvalue weighted by Crippen LogP contribution is 2.43. The number of carbonyl (C=O) groups excluding carboxylic acids is 1. The van der Waals surface area contributed by atoms with Crippen LogP contribution in [-0.4, -0.2) is 10.2 Å². The number of rotatable bonds is 1. The third-order valence-corrected chi connectivity index (χ3v) is 4.23. The summed E-state index contributed by atoms with van der Waals surface area (Å²) in [4.78, 5) is 12.1. The standard InChI is InChI=1S/C16H13Cl2NO/c17-16(18)10-13(11-6-2-1-3-7-11)12-8-4-5-9-14(12)19-15(16)20/h1-9,13H,10H2,(H,19,20). The lowest BCUT2D eigenvalue weighted by molar-refractivity contribution is -0.116. The molecule has 3 rings (SSSR count). The maximum absolute atomic E-state index is 12.1. The molecular weight excluding hydrogens is 293 g/mol. The molecule has 1 unspecified atom stereocenters. The maximum atomic E-state index is 12.1. The van der Waals surface area contributed by atoms with E-state index >= 15 is 0 Å². The van der Waals surface area contributed by atoms with E-state index in [1.54, 1.807) is 0 Å². The van der Waals surface area contributed by atoms with Gasteiger partial charge in [-0.2, -0.15) is 0 Å². The minimum atomic E-state index is -1.43. The van der Waals surface area contributed by atoms with Gasteiger partial charge in [0.25, 0.3) is 5.91 Å². The predicted octanol–water partition coefficient (Wildman–Crippen LogP) is 4.33. The lowest BCUT2D eigenvalue weighted by atomic mass is 9.87. The molecule has 0 bridgehead atoms. The van der Waals surface area contributed by atoms with Crippen LogP contribution in [-0.2, 0) is 4.79 Å². The summed E-state index contributed by atoms with van der Waals surface area (Å²) in [6, 6.07) is 17.7. The zero-order valence-electron chi connectivity index (χ0n) is 10.6. The van der Waals surface area contributed by atoms with E-state index in [1.165, 1.54) is 0 Å². The summed E-state index contributed by atoms with van der Waals surface area (Å²) in [5.74, 6) is -0.381. The second kappa shape index (κ2) is 5.12. The fraction of sp³-hybridized carbons (Fsp3) is 0.188. The van der Waals surface area contributed by atoms with Crippen molar-refractivity contribution in [1.82, 2.24) is 0 Å². The van der Waals surface area contributed by atoms with E-state index in [4.69, 9.17) is 23.2 Å². The summed E-state index contributed by atoms with van der Waals surface area (Å²) in [6.45, 7) is 0. The molecule has 2 aromatic rings. The Balaban J connectivity index is 2.14. The van der Waals surface area contributed by atoms with Gasteiger partial charge in [-0.25, -0.2) is 0 Å². The highest BCUT2D eigenvalue weighted by atomic mass is 35.5. The van der Waals surface area contributed by atoms with Gasteiger partial charge in [-0.05, 0) is 17.2 Å². The molecule has 0 spiro atoms. The summed E-state index contributed by atoms with van der Waals surface area (Å²) >= 11 is 12.4. The lowest BCUT2D eigenvalue weighted by Crippen LogP contribution is -2.31. The number of para-hydroxylation sites is 1. The number of benzene rings is 2. The zero-order valence-corrected chi connectivity index (χ0v) is 12.2. The number of fused-ring (bicyclic) bond motifs is 1. The zero-order chi connectivity index (χ0) is 14.2. The van der Waals surface area contributed by atoms with E-state index in [1.807, 2.05) is 54.6 Å². The fourth-order valence-electron chi connectivity index (χ4n) is 2.57. The van der Waals surface area contributed by atoms with Crippen molar-refractivity contribution in [3.05, 3.63) is 65.7 Å². The number of anilines is 1. The molecule has 2 aromatic carbocycles. The maximum Gasteiger partial charge on any atom is 0.260 e. The van der Waals surface area contributed by atoms with E-state index < -0.39 is 4.33 Å². The van der Waals surface area contributed by atoms with Crippen molar-refractivity contribution in [3.8, 4) is 0 Å². The van der Waals surface area contributed by atoms with Gasteiger partial charge in [0, 0.05) is 18.0 Å². The van der Waals surface area contributed by atoms with Crippen LogP contribution in [0.3, 0.4) is 0 Å². The van der Waals surface area contributed by atoms with Crippen LogP contribution in [0.2, 0.25) is 0 Å². The number of carbonyl (C=O) groups is 1. The van der Waals surface area contributed by atoms with Crippen LogP contribution in [0.5, 0.6) is 0 Å². The monoisotopic (exact) mass is 305 g/mol. The highest BCUT2D eigenvalue weighted by Gasteiger charge is 2.40. The molecule has 0 saturated carbocycles. The molecule has 0 radical (unpaired) electrons. The van der Waals surface area contributed by atoms with Gasteiger partial charge in [-0.1, -0.05) is 71.7 Å². The topological polar surface area (TPSA) is 29.1 Å². The van der Waals surface area contributed by atoms with Gasteiger partial charge >= 0.3 is 0 Å². The average Bonchev–Trinajstić information content (AvgIpc) is 2.55. The van der Waals surface area contributed by atoms with E-state index in [2.05, 4.69) is 5.32 Å². The molecule has 1 aliphatic rings. The van der Waals surface area contributed by atoms with E-state index in [0.717, 1.165) is 16.8 Å². The first-order valence-corrected chi connectivity index (χ1v) is 7.17. The van der Waals surface area contributed by atoms with Gasteiger partial charge in [-0.15, -0.1) is 0 Å². The lowest BCUT2D eigenvalue weighted by Gasteiger charge is -2.21. The fourth-order valence-corrected chi connectivity index (χ4v) is 2.97. The molecule has 1 atom stereocenters. The average molecular weight is 306 g/mol. The van der Waals surface area contributed by atoms with Crippen LogP contribution in [0, 0.1) is 0 Å². The third kappa shape index (κ3) is 2.41. The summed E-state index contributed by atoms with van der Waals surface area (Å²) in [6.07, 6.45) is 0.350. The van der Waals surface area contributed by atoms with Gasteiger partial charge < -0.3 is 5.32 Å². The van der Waals surface area contributed by atoms with Gasteiger partial charge in [0.05, 0.1) is 0 Å². The Bertz CT molecular complexity index is 640. The predicted molar refractivity (Wildman–Crippen MR) is 82.4 cm³/mol. The highest BCUT2D eigenvalue weighted by molar-refractivity contribution is 6.59. The third-order valence-electron chi connectivity index (χ3n) is 3.58. The molecule has 1 amide bonds. The number of hydrogen-bond acceptors (Lipinski definition) is 1. The molecule has 20 heavy (non-hydrogen) atoms.